The average molecular weight is 361 g/mol. The van der Waals surface area contributed by atoms with Crippen LogP contribution in [0.3, 0.4) is 0 Å². The molecule has 0 aliphatic carbocycles. The number of amides is 1. The Hall–Kier alpha value is -2.06. The van der Waals surface area contributed by atoms with Crippen molar-refractivity contribution in [1.29, 1.82) is 0 Å². The zero-order valence-corrected chi connectivity index (χ0v) is 13.7. The fourth-order valence-electron chi connectivity index (χ4n) is 1.89. The van der Waals surface area contributed by atoms with Crippen LogP contribution < -0.4 is 9.62 Å². The molecule has 0 spiro atoms. The SMILES string of the molecule is CS(=O)(=O)N(CCNC(=O)c1ccco1)c1ccc(F)c(Cl)c1. The van der Waals surface area contributed by atoms with Crippen LogP contribution in [0.2, 0.25) is 5.02 Å². The minimum Gasteiger partial charge on any atom is -0.459 e. The van der Waals surface area contributed by atoms with Crippen LogP contribution in [0.15, 0.2) is 41.0 Å². The molecule has 0 saturated heterocycles. The number of nitrogens with one attached hydrogen (secondary N) is 1. The van der Waals surface area contributed by atoms with E-state index >= 15 is 0 Å². The van der Waals surface area contributed by atoms with Gasteiger partial charge in [-0.2, -0.15) is 0 Å². The number of nitrogens with zero attached hydrogens (tertiary/aromatic N) is 1. The van der Waals surface area contributed by atoms with E-state index in [1.807, 2.05) is 0 Å². The average Bonchev–Trinajstić information content (AvgIpc) is 2.99. The molecule has 1 aromatic carbocycles. The smallest absolute Gasteiger partial charge is 0.287 e. The molecule has 0 radical (unpaired) electrons. The van der Waals surface area contributed by atoms with Gasteiger partial charge in [-0.05, 0) is 30.3 Å². The Kier molecular flexibility index (Phi) is 5.27. The molecule has 1 aromatic heterocycles. The van der Waals surface area contributed by atoms with Gasteiger partial charge in [-0.3, -0.25) is 9.10 Å². The van der Waals surface area contributed by atoms with Crippen LogP contribution in [-0.2, 0) is 10.0 Å². The Bertz CT molecular complexity index is 793. The summed E-state index contributed by atoms with van der Waals surface area (Å²) in [6, 6.07) is 6.65. The highest BCUT2D eigenvalue weighted by Crippen LogP contribution is 2.24. The molecule has 0 aliphatic heterocycles. The van der Waals surface area contributed by atoms with Gasteiger partial charge in [0.05, 0.1) is 29.8 Å². The van der Waals surface area contributed by atoms with Crippen molar-refractivity contribution in [3.63, 3.8) is 0 Å². The lowest BCUT2D eigenvalue weighted by Crippen LogP contribution is -2.38. The van der Waals surface area contributed by atoms with E-state index in [0.717, 1.165) is 16.6 Å². The summed E-state index contributed by atoms with van der Waals surface area (Å²) in [4.78, 5) is 11.7. The van der Waals surface area contributed by atoms with Crippen molar-refractivity contribution in [3.05, 3.63) is 53.2 Å². The van der Waals surface area contributed by atoms with E-state index in [1.165, 1.54) is 24.5 Å². The predicted molar refractivity (Wildman–Crippen MR) is 84.6 cm³/mol. The second-order valence-electron chi connectivity index (χ2n) is 4.67. The van der Waals surface area contributed by atoms with E-state index in [1.54, 1.807) is 6.07 Å². The zero-order valence-electron chi connectivity index (χ0n) is 12.1. The summed E-state index contributed by atoms with van der Waals surface area (Å²) in [7, 11) is -3.62. The molecule has 0 saturated carbocycles. The van der Waals surface area contributed by atoms with Crippen LogP contribution in [0.4, 0.5) is 10.1 Å². The normalized spacial score (nSPS) is 11.3. The van der Waals surface area contributed by atoms with Crippen LogP contribution in [0.1, 0.15) is 10.6 Å². The Morgan fingerprint density at radius 2 is 2.13 bits per heavy atom. The Morgan fingerprint density at radius 1 is 1.39 bits per heavy atom. The molecule has 124 valence electrons. The topological polar surface area (TPSA) is 79.6 Å². The van der Waals surface area contributed by atoms with Crippen molar-refractivity contribution in [1.82, 2.24) is 5.32 Å². The van der Waals surface area contributed by atoms with Crippen LogP contribution >= 0.6 is 11.6 Å². The Labute approximate surface area is 137 Å². The maximum Gasteiger partial charge on any atom is 0.287 e. The van der Waals surface area contributed by atoms with Gasteiger partial charge in [-0.1, -0.05) is 11.6 Å². The third-order valence-electron chi connectivity index (χ3n) is 2.94. The van der Waals surface area contributed by atoms with E-state index in [9.17, 15) is 17.6 Å². The number of sulfonamides is 1. The molecule has 9 heteroatoms. The monoisotopic (exact) mass is 360 g/mol. The Morgan fingerprint density at radius 3 is 2.70 bits per heavy atom. The van der Waals surface area contributed by atoms with Crippen LogP contribution in [0, 0.1) is 5.82 Å². The quantitative estimate of drug-likeness (QED) is 0.857. The van der Waals surface area contributed by atoms with Gasteiger partial charge in [0, 0.05) is 6.54 Å². The minimum atomic E-state index is -3.62. The predicted octanol–water partition coefficient (Wildman–Crippen LogP) is 2.27. The van der Waals surface area contributed by atoms with E-state index < -0.39 is 21.7 Å². The molecule has 0 aliphatic rings. The molecule has 1 N–H and O–H groups in total. The first-order valence-electron chi connectivity index (χ1n) is 6.53. The molecule has 6 nitrogen and oxygen atoms in total. The Balaban J connectivity index is 2.08. The van der Waals surface area contributed by atoms with Gasteiger partial charge >= 0.3 is 0 Å². The summed E-state index contributed by atoms with van der Waals surface area (Å²) in [5, 5.41) is 2.35. The second-order valence-corrected chi connectivity index (χ2v) is 6.98. The van der Waals surface area contributed by atoms with Crippen LogP contribution in [0.5, 0.6) is 0 Å². The lowest BCUT2D eigenvalue weighted by atomic mass is 10.3. The van der Waals surface area contributed by atoms with Crippen LogP contribution in [0.25, 0.3) is 0 Å². The van der Waals surface area contributed by atoms with Gasteiger partial charge in [-0.15, -0.1) is 0 Å². The number of anilines is 1. The van der Waals surface area contributed by atoms with Gasteiger partial charge in [0.25, 0.3) is 5.91 Å². The highest BCUT2D eigenvalue weighted by Gasteiger charge is 2.19. The summed E-state index contributed by atoms with van der Waals surface area (Å²) in [5.41, 5.74) is 0.214. The summed E-state index contributed by atoms with van der Waals surface area (Å²) in [6.45, 7) is 0.00877. The van der Waals surface area contributed by atoms with Gasteiger partial charge in [0.15, 0.2) is 5.76 Å². The highest BCUT2D eigenvalue weighted by atomic mass is 35.5. The number of rotatable bonds is 6. The second kappa shape index (κ2) is 7.01. The van der Waals surface area contributed by atoms with E-state index in [4.69, 9.17) is 16.0 Å². The fourth-order valence-corrected chi connectivity index (χ4v) is 2.99. The molecule has 0 bridgehead atoms. The molecular formula is C14H14ClFN2O4S. The molecule has 23 heavy (non-hydrogen) atoms. The molecule has 2 aromatic rings. The van der Waals surface area contributed by atoms with E-state index in [0.29, 0.717) is 0 Å². The molecular weight excluding hydrogens is 347 g/mol. The summed E-state index contributed by atoms with van der Waals surface area (Å²) >= 11 is 5.68. The zero-order chi connectivity index (χ0) is 17.0. The van der Waals surface area contributed by atoms with Crippen molar-refractivity contribution in [2.75, 3.05) is 23.7 Å². The van der Waals surface area contributed by atoms with Crippen molar-refractivity contribution in [2.24, 2.45) is 0 Å². The molecule has 1 heterocycles. The number of carbonyl (C=O) groups excluding carboxylic acids is 1. The van der Waals surface area contributed by atoms with Crippen LogP contribution in [-0.4, -0.2) is 33.7 Å². The maximum absolute atomic E-state index is 13.2. The molecule has 1 amide bonds. The van der Waals surface area contributed by atoms with Crippen molar-refractivity contribution in [2.45, 2.75) is 0 Å². The van der Waals surface area contributed by atoms with E-state index in [-0.39, 0.29) is 29.6 Å². The lowest BCUT2D eigenvalue weighted by molar-refractivity contribution is 0.0927. The first-order chi connectivity index (χ1) is 10.8. The molecule has 2 rings (SSSR count). The number of furan rings is 1. The fraction of sp³-hybridized carbons (Fsp3) is 0.214. The maximum atomic E-state index is 13.2. The van der Waals surface area contributed by atoms with Gasteiger partial charge < -0.3 is 9.73 Å². The standard InChI is InChI=1S/C14H14ClFN2O4S/c1-23(20,21)18(10-4-5-12(16)11(15)9-10)7-6-17-14(19)13-3-2-8-22-13/h2-5,8-9H,6-7H2,1H3,(H,17,19). The van der Waals surface area contributed by atoms with E-state index in [2.05, 4.69) is 5.32 Å². The third kappa shape index (κ3) is 4.46. The first-order valence-corrected chi connectivity index (χ1v) is 8.76. The summed E-state index contributed by atoms with van der Waals surface area (Å²) < 4.78 is 42.9. The lowest BCUT2D eigenvalue weighted by Gasteiger charge is -2.22. The number of carbonyl (C=O) groups is 1. The first kappa shape index (κ1) is 17.3. The third-order valence-corrected chi connectivity index (χ3v) is 4.42. The number of hydrogen-bond donors (Lipinski definition) is 1. The summed E-state index contributed by atoms with van der Waals surface area (Å²) in [5.74, 6) is -0.976. The van der Waals surface area contributed by atoms with Gasteiger partial charge in [0.1, 0.15) is 5.82 Å². The largest absolute Gasteiger partial charge is 0.459 e. The molecule has 0 atom stereocenters. The number of benzene rings is 1. The summed E-state index contributed by atoms with van der Waals surface area (Å²) in [6.07, 6.45) is 2.37. The number of hydrogen-bond acceptors (Lipinski definition) is 4. The highest BCUT2D eigenvalue weighted by molar-refractivity contribution is 7.92. The number of halogens is 2. The molecule has 0 unspecified atom stereocenters. The van der Waals surface area contributed by atoms with Crippen molar-refractivity contribution >= 4 is 33.2 Å². The molecule has 0 fully saturated rings. The van der Waals surface area contributed by atoms with Crippen molar-refractivity contribution < 1.29 is 22.0 Å². The van der Waals surface area contributed by atoms with Gasteiger partial charge in [0.2, 0.25) is 10.0 Å². The van der Waals surface area contributed by atoms with Crippen molar-refractivity contribution in [3.8, 4) is 0 Å². The van der Waals surface area contributed by atoms with Gasteiger partial charge in [-0.25, -0.2) is 12.8 Å². The minimum absolute atomic E-state index is 0.0345.